The van der Waals surface area contributed by atoms with Crippen LogP contribution in [0.5, 0.6) is 5.75 Å². The van der Waals surface area contributed by atoms with Crippen molar-refractivity contribution in [1.82, 2.24) is 5.32 Å². The number of rotatable bonds is 5. The van der Waals surface area contributed by atoms with Gasteiger partial charge in [-0.25, -0.2) is 0 Å². The summed E-state index contributed by atoms with van der Waals surface area (Å²) in [5.74, 6) is 1.75. The molecule has 1 N–H and O–H groups in total. The first kappa shape index (κ1) is 11.4. The average Bonchev–Trinajstić information content (AvgIpc) is 3.08. The van der Waals surface area contributed by atoms with E-state index in [0.29, 0.717) is 6.04 Å². The monoisotopic (exact) mass is 243 g/mol. The number of methoxy groups -OCH3 is 1. The molecule has 0 bridgehead atoms. The van der Waals surface area contributed by atoms with Crippen LogP contribution in [-0.4, -0.2) is 13.2 Å². The summed E-state index contributed by atoms with van der Waals surface area (Å²) >= 11 is 0. The number of benzene rings is 1. The minimum absolute atomic E-state index is 0.705. The molecule has 2 aromatic rings. The van der Waals surface area contributed by atoms with Crippen LogP contribution in [0.2, 0.25) is 0 Å². The van der Waals surface area contributed by atoms with E-state index >= 15 is 0 Å². The Labute approximate surface area is 107 Å². The lowest BCUT2D eigenvalue weighted by Crippen LogP contribution is -2.15. The maximum absolute atomic E-state index is 5.50. The zero-order chi connectivity index (χ0) is 12.4. The molecule has 0 saturated heterocycles. The highest BCUT2D eigenvalue weighted by atomic mass is 16.5. The van der Waals surface area contributed by atoms with Crippen molar-refractivity contribution < 1.29 is 9.15 Å². The van der Waals surface area contributed by atoms with Crippen LogP contribution >= 0.6 is 0 Å². The first-order chi connectivity index (χ1) is 8.86. The minimum atomic E-state index is 0.705. The molecular weight excluding hydrogens is 226 g/mol. The van der Waals surface area contributed by atoms with Gasteiger partial charge in [0.1, 0.15) is 11.5 Å². The van der Waals surface area contributed by atoms with Crippen LogP contribution in [0.1, 0.15) is 18.4 Å². The summed E-state index contributed by atoms with van der Waals surface area (Å²) in [5, 5.41) is 3.53. The maximum Gasteiger partial charge on any atom is 0.134 e. The lowest BCUT2D eigenvalue weighted by molar-refractivity contribution is 0.414. The standard InChI is InChI=1S/C15H17NO2/c1-17-13-7-4-11(10-16-12-5-6-12)14(9-13)15-3-2-8-18-15/h2-4,7-9,12,16H,5-6,10H2,1H3. The van der Waals surface area contributed by atoms with Gasteiger partial charge in [-0.1, -0.05) is 6.07 Å². The van der Waals surface area contributed by atoms with E-state index in [1.54, 1.807) is 13.4 Å². The molecule has 1 saturated carbocycles. The zero-order valence-electron chi connectivity index (χ0n) is 10.5. The summed E-state index contributed by atoms with van der Waals surface area (Å²) < 4.78 is 10.8. The summed E-state index contributed by atoms with van der Waals surface area (Å²) in [6.45, 7) is 0.880. The SMILES string of the molecule is COc1ccc(CNC2CC2)c(-c2ccco2)c1. The summed E-state index contributed by atoms with van der Waals surface area (Å²) in [7, 11) is 1.68. The van der Waals surface area contributed by atoms with Gasteiger partial charge >= 0.3 is 0 Å². The van der Waals surface area contributed by atoms with E-state index in [1.807, 2.05) is 24.3 Å². The van der Waals surface area contributed by atoms with Crippen LogP contribution in [-0.2, 0) is 6.54 Å². The molecule has 1 fully saturated rings. The van der Waals surface area contributed by atoms with E-state index in [1.165, 1.54) is 18.4 Å². The molecule has 1 aliphatic rings. The van der Waals surface area contributed by atoms with Crippen molar-refractivity contribution in [3.63, 3.8) is 0 Å². The Hall–Kier alpha value is -1.74. The minimum Gasteiger partial charge on any atom is -0.497 e. The Kier molecular flexibility index (Phi) is 3.07. The molecule has 94 valence electrons. The first-order valence-corrected chi connectivity index (χ1v) is 6.31. The van der Waals surface area contributed by atoms with Crippen molar-refractivity contribution >= 4 is 0 Å². The molecular formula is C15H17NO2. The highest BCUT2D eigenvalue weighted by molar-refractivity contribution is 5.64. The van der Waals surface area contributed by atoms with Crippen molar-refractivity contribution in [2.45, 2.75) is 25.4 Å². The highest BCUT2D eigenvalue weighted by Gasteiger charge is 2.20. The summed E-state index contributed by atoms with van der Waals surface area (Å²) in [6, 6.07) is 10.7. The predicted octanol–water partition coefficient (Wildman–Crippen LogP) is 3.21. The Balaban J connectivity index is 1.90. The van der Waals surface area contributed by atoms with Gasteiger partial charge in [-0.05, 0) is 42.7 Å². The molecule has 3 nitrogen and oxygen atoms in total. The smallest absolute Gasteiger partial charge is 0.134 e. The fourth-order valence-corrected chi connectivity index (χ4v) is 2.04. The van der Waals surface area contributed by atoms with Gasteiger partial charge in [0.25, 0.3) is 0 Å². The summed E-state index contributed by atoms with van der Waals surface area (Å²) in [6.07, 6.45) is 4.30. The Morgan fingerprint density at radius 2 is 2.22 bits per heavy atom. The molecule has 1 heterocycles. The van der Waals surface area contributed by atoms with Gasteiger partial charge in [0.05, 0.1) is 13.4 Å². The molecule has 1 aliphatic carbocycles. The molecule has 3 heteroatoms. The van der Waals surface area contributed by atoms with Crippen LogP contribution in [0, 0.1) is 0 Å². The average molecular weight is 243 g/mol. The van der Waals surface area contributed by atoms with Crippen molar-refractivity contribution in [2.24, 2.45) is 0 Å². The molecule has 0 aliphatic heterocycles. The topological polar surface area (TPSA) is 34.4 Å². The quantitative estimate of drug-likeness (QED) is 0.875. The van der Waals surface area contributed by atoms with Crippen LogP contribution in [0.25, 0.3) is 11.3 Å². The molecule has 1 aromatic heterocycles. The highest BCUT2D eigenvalue weighted by Crippen LogP contribution is 2.29. The van der Waals surface area contributed by atoms with Gasteiger partial charge < -0.3 is 14.5 Å². The van der Waals surface area contributed by atoms with E-state index in [-0.39, 0.29) is 0 Å². The largest absolute Gasteiger partial charge is 0.497 e. The number of furan rings is 1. The molecule has 0 spiro atoms. The Bertz CT molecular complexity index is 515. The van der Waals surface area contributed by atoms with Gasteiger partial charge in [-0.2, -0.15) is 0 Å². The second-order valence-electron chi connectivity index (χ2n) is 4.66. The fourth-order valence-electron chi connectivity index (χ4n) is 2.04. The van der Waals surface area contributed by atoms with Crippen LogP contribution in [0.15, 0.2) is 41.0 Å². The van der Waals surface area contributed by atoms with E-state index in [9.17, 15) is 0 Å². The van der Waals surface area contributed by atoms with E-state index in [4.69, 9.17) is 9.15 Å². The molecule has 3 rings (SSSR count). The number of hydrogen-bond acceptors (Lipinski definition) is 3. The van der Waals surface area contributed by atoms with Crippen LogP contribution in [0.4, 0.5) is 0 Å². The number of ether oxygens (including phenoxy) is 1. The van der Waals surface area contributed by atoms with Gasteiger partial charge in [0.2, 0.25) is 0 Å². The third-order valence-electron chi connectivity index (χ3n) is 3.26. The molecule has 0 atom stereocenters. The lowest BCUT2D eigenvalue weighted by atomic mass is 10.0. The van der Waals surface area contributed by atoms with Gasteiger partial charge in [-0.15, -0.1) is 0 Å². The fraction of sp³-hybridized carbons (Fsp3) is 0.333. The maximum atomic E-state index is 5.50. The third-order valence-corrected chi connectivity index (χ3v) is 3.26. The molecule has 1 aromatic carbocycles. The van der Waals surface area contributed by atoms with Crippen molar-refractivity contribution in [3.8, 4) is 17.1 Å². The number of hydrogen-bond donors (Lipinski definition) is 1. The molecule has 0 unspecified atom stereocenters. The molecule has 18 heavy (non-hydrogen) atoms. The molecule has 0 amide bonds. The molecule has 0 radical (unpaired) electrons. The Morgan fingerprint density at radius 3 is 2.89 bits per heavy atom. The van der Waals surface area contributed by atoms with E-state index < -0.39 is 0 Å². The van der Waals surface area contributed by atoms with Gasteiger partial charge in [-0.3, -0.25) is 0 Å². The lowest BCUT2D eigenvalue weighted by Gasteiger charge is -2.10. The summed E-state index contributed by atoms with van der Waals surface area (Å²) in [5.41, 5.74) is 2.35. The predicted molar refractivity (Wildman–Crippen MR) is 70.6 cm³/mol. The van der Waals surface area contributed by atoms with Gasteiger partial charge in [0.15, 0.2) is 0 Å². The van der Waals surface area contributed by atoms with Crippen molar-refractivity contribution in [2.75, 3.05) is 7.11 Å². The van der Waals surface area contributed by atoms with Crippen LogP contribution in [0.3, 0.4) is 0 Å². The van der Waals surface area contributed by atoms with Crippen LogP contribution < -0.4 is 10.1 Å². The second kappa shape index (κ2) is 4.86. The van der Waals surface area contributed by atoms with Crippen molar-refractivity contribution in [3.05, 3.63) is 42.2 Å². The zero-order valence-corrected chi connectivity index (χ0v) is 10.5. The third kappa shape index (κ3) is 2.41. The Morgan fingerprint density at radius 1 is 1.33 bits per heavy atom. The van der Waals surface area contributed by atoms with E-state index in [0.717, 1.165) is 23.6 Å². The first-order valence-electron chi connectivity index (χ1n) is 6.31. The second-order valence-corrected chi connectivity index (χ2v) is 4.66. The summed E-state index contributed by atoms with van der Waals surface area (Å²) in [4.78, 5) is 0. The normalized spacial score (nSPS) is 14.7. The van der Waals surface area contributed by atoms with Crippen molar-refractivity contribution in [1.29, 1.82) is 0 Å². The van der Waals surface area contributed by atoms with Gasteiger partial charge in [0, 0.05) is 18.2 Å². The van der Waals surface area contributed by atoms with E-state index in [2.05, 4.69) is 11.4 Å². The number of nitrogens with one attached hydrogen (secondary N) is 1.